The minimum Gasteiger partial charge on any atom is -0.492 e. The molecule has 2 rings (SSSR count). The number of hydrogen-bond donors (Lipinski definition) is 1. The molecular formula is C17H23N3O. The lowest BCUT2D eigenvalue weighted by molar-refractivity contribution is 0.332. The highest BCUT2D eigenvalue weighted by molar-refractivity contribution is 5.46. The van der Waals surface area contributed by atoms with E-state index in [9.17, 15) is 0 Å². The topological polar surface area (TPSA) is 47.0 Å². The van der Waals surface area contributed by atoms with Crippen molar-refractivity contribution in [1.29, 1.82) is 0 Å². The Morgan fingerprint density at radius 1 is 1.05 bits per heavy atom. The molecule has 0 saturated carbocycles. The molecular weight excluding hydrogens is 262 g/mol. The number of nitrogens with zero attached hydrogens (tertiary/aromatic N) is 2. The molecule has 4 nitrogen and oxygen atoms in total. The average molecular weight is 285 g/mol. The Labute approximate surface area is 126 Å². The van der Waals surface area contributed by atoms with Gasteiger partial charge in [0.1, 0.15) is 24.5 Å². The van der Waals surface area contributed by atoms with Crippen LogP contribution >= 0.6 is 0 Å². The van der Waals surface area contributed by atoms with Gasteiger partial charge in [-0.15, -0.1) is 0 Å². The fourth-order valence-corrected chi connectivity index (χ4v) is 2.25. The van der Waals surface area contributed by atoms with E-state index < -0.39 is 0 Å². The Bertz CT molecular complexity index is 567. The number of ether oxygens (including phenoxy) is 1. The average Bonchev–Trinajstić information content (AvgIpc) is 2.52. The van der Waals surface area contributed by atoms with Gasteiger partial charge >= 0.3 is 0 Å². The fourth-order valence-electron chi connectivity index (χ4n) is 2.25. The normalized spacial score (nSPS) is 10.4. The number of aryl methyl sites for hydroxylation is 2. The molecule has 1 aromatic heterocycles. The third-order valence-corrected chi connectivity index (χ3v) is 3.41. The molecule has 0 fully saturated rings. The zero-order valence-corrected chi connectivity index (χ0v) is 13.0. The molecule has 1 N–H and O–H groups in total. The second kappa shape index (κ2) is 7.62. The van der Waals surface area contributed by atoms with Crippen LogP contribution in [0.2, 0.25) is 0 Å². The Hall–Kier alpha value is -2.10. The van der Waals surface area contributed by atoms with Gasteiger partial charge in [-0.1, -0.05) is 31.5 Å². The van der Waals surface area contributed by atoms with E-state index in [1.54, 1.807) is 6.33 Å². The van der Waals surface area contributed by atoms with Gasteiger partial charge in [0, 0.05) is 11.3 Å². The number of rotatable bonds is 7. The molecule has 0 aliphatic rings. The van der Waals surface area contributed by atoms with Gasteiger partial charge < -0.3 is 10.1 Å². The summed E-state index contributed by atoms with van der Waals surface area (Å²) in [5.74, 6) is 1.83. The van der Waals surface area contributed by atoms with Crippen molar-refractivity contribution < 1.29 is 4.74 Å². The van der Waals surface area contributed by atoms with Crippen LogP contribution in [0.15, 0.2) is 30.6 Å². The van der Waals surface area contributed by atoms with Crippen LogP contribution in [-0.2, 0) is 12.8 Å². The molecule has 0 saturated heterocycles. The van der Waals surface area contributed by atoms with Gasteiger partial charge in [0.05, 0.1) is 6.54 Å². The molecule has 0 bridgehead atoms. The molecule has 112 valence electrons. The first kappa shape index (κ1) is 15.3. The van der Waals surface area contributed by atoms with Crippen molar-refractivity contribution in [3.63, 3.8) is 0 Å². The summed E-state index contributed by atoms with van der Waals surface area (Å²) >= 11 is 0. The van der Waals surface area contributed by atoms with E-state index >= 15 is 0 Å². The zero-order chi connectivity index (χ0) is 15.1. The van der Waals surface area contributed by atoms with E-state index in [0.29, 0.717) is 6.61 Å². The lowest BCUT2D eigenvalue weighted by Crippen LogP contribution is -2.14. The summed E-state index contributed by atoms with van der Waals surface area (Å²) in [6.07, 6.45) is 3.49. The summed E-state index contributed by atoms with van der Waals surface area (Å²) in [6.45, 7) is 7.65. The Morgan fingerprint density at radius 2 is 1.81 bits per heavy atom. The van der Waals surface area contributed by atoms with Crippen LogP contribution in [-0.4, -0.2) is 23.1 Å². The van der Waals surface area contributed by atoms with Gasteiger partial charge in [-0.25, -0.2) is 9.97 Å². The number of nitrogens with one attached hydrogen (secondary N) is 1. The third-order valence-electron chi connectivity index (χ3n) is 3.41. The Morgan fingerprint density at radius 3 is 2.48 bits per heavy atom. The van der Waals surface area contributed by atoms with Crippen molar-refractivity contribution >= 4 is 5.82 Å². The van der Waals surface area contributed by atoms with Crippen LogP contribution < -0.4 is 10.1 Å². The number of anilines is 1. The standard InChI is InChI=1S/C17H23N3O/c1-4-15-16(5-2)19-12-20-17(15)18-10-11-21-14-8-6-13(3)7-9-14/h6-9,12H,4-5,10-11H2,1-3H3,(H,18,19,20). The highest BCUT2D eigenvalue weighted by Gasteiger charge is 2.07. The first-order valence-electron chi connectivity index (χ1n) is 7.50. The van der Waals surface area contributed by atoms with Crippen LogP contribution in [0.25, 0.3) is 0 Å². The molecule has 0 atom stereocenters. The summed E-state index contributed by atoms with van der Waals surface area (Å²) in [4.78, 5) is 8.67. The van der Waals surface area contributed by atoms with Gasteiger partial charge in [0.2, 0.25) is 0 Å². The minimum absolute atomic E-state index is 0.609. The molecule has 4 heteroatoms. The number of aromatic nitrogens is 2. The van der Waals surface area contributed by atoms with E-state index in [0.717, 1.165) is 36.6 Å². The molecule has 0 aliphatic heterocycles. The van der Waals surface area contributed by atoms with Gasteiger partial charge in [0.15, 0.2) is 0 Å². The molecule has 1 aromatic carbocycles. The van der Waals surface area contributed by atoms with Crippen LogP contribution in [0, 0.1) is 6.92 Å². The molecule has 21 heavy (non-hydrogen) atoms. The van der Waals surface area contributed by atoms with Gasteiger partial charge in [0.25, 0.3) is 0 Å². The molecule has 0 unspecified atom stereocenters. The van der Waals surface area contributed by atoms with Crippen LogP contribution in [0.1, 0.15) is 30.7 Å². The molecule has 1 heterocycles. The third kappa shape index (κ3) is 4.18. The number of benzene rings is 1. The molecule has 0 radical (unpaired) electrons. The highest BCUT2D eigenvalue weighted by Crippen LogP contribution is 2.16. The van der Waals surface area contributed by atoms with E-state index in [4.69, 9.17) is 4.74 Å². The molecule has 0 aliphatic carbocycles. The maximum absolute atomic E-state index is 5.71. The van der Waals surface area contributed by atoms with Crippen molar-refractivity contribution in [2.24, 2.45) is 0 Å². The van der Waals surface area contributed by atoms with Crippen molar-refractivity contribution in [3.05, 3.63) is 47.4 Å². The summed E-state index contributed by atoms with van der Waals surface area (Å²) < 4.78 is 5.71. The minimum atomic E-state index is 0.609. The van der Waals surface area contributed by atoms with Gasteiger partial charge in [-0.3, -0.25) is 0 Å². The molecule has 0 amide bonds. The predicted molar refractivity (Wildman–Crippen MR) is 86.0 cm³/mol. The van der Waals surface area contributed by atoms with Gasteiger partial charge in [-0.2, -0.15) is 0 Å². The monoisotopic (exact) mass is 285 g/mol. The largest absolute Gasteiger partial charge is 0.492 e. The molecule has 2 aromatic rings. The fraction of sp³-hybridized carbons (Fsp3) is 0.412. The highest BCUT2D eigenvalue weighted by atomic mass is 16.5. The maximum Gasteiger partial charge on any atom is 0.132 e. The van der Waals surface area contributed by atoms with Crippen LogP contribution in [0.3, 0.4) is 0 Å². The summed E-state index contributed by atoms with van der Waals surface area (Å²) in [5.41, 5.74) is 3.56. The first-order chi connectivity index (χ1) is 10.2. The SMILES string of the molecule is CCc1ncnc(NCCOc2ccc(C)cc2)c1CC. The van der Waals surface area contributed by atoms with Crippen LogP contribution in [0.4, 0.5) is 5.82 Å². The van der Waals surface area contributed by atoms with E-state index in [1.807, 2.05) is 12.1 Å². The van der Waals surface area contributed by atoms with E-state index in [2.05, 4.69) is 48.2 Å². The van der Waals surface area contributed by atoms with E-state index in [1.165, 1.54) is 11.1 Å². The summed E-state index contributed by atoms with van der Waals surface area (Å²) in [5, 5.41) is 3.34. The van der Waals surface area contributed by atoms with Crippen molar-refractivity contribution in [3.8, 4) is 5.75 Å². The lowest BCUT2D eigenvalue weighted by Gasteiger charge is -2.13. The summed E-state index contributed by atoms with van der Waals surface area (Å²) in [6, 6.07) is 8.09. The Kier molecular flexibility index (Phi) is 5.55. The number of hydrogen-bond acceptors (Lipinski definition) is 4. The van der Waals surface area contributed by atoms with Crippen molar-refractivity contribution in [1.82, 2.24) is 9.97 Å². The van der Waals surface area contributed by atoms with Crippen molar-refractivity contribution in [2.45, 2.75) is 33.6 Å². The quantitative estimate of drug-likeness (QED) is 0.792. The predicted octanol–water partition coefficient (Wildman–Crippen LogP) is 3.40. The van der Waals surface area contributed by atoms with Crippen LogP contribution in [0.5, 0.6) is 5.75 Å². The van der Waals surface area contributed by atoms with Gasteiger partial charge in [-0.05, 0) is 31.9 Å². The second-order valence-corrected chi connectivity index (χ2v) is 4.94. The first-order valence-corrected chi connectivity index (χ1v) is 7.50. The molecule has 0 spiro atoms. The second-order valence-electron chi connectivity index (χ2n) is 4.94. The lowest BCUT2D eigenvalue weighted by atomic mass is 10.1. The maximum atomic E-state index is 5.71. The smallest absolute Gasteiger partial charge is 0.132 e. The Balaban J connectivity index is 1.87. The summed E-state index contributed by atoms with van der Waals surface area (Å²) in [7, 11) is 0. The zero-order valence-electron chi connectivity index (χ0n) is 13.0. The van der Waals surface area contributed by atoms with E-state index in [-0.39, 0.29) is 0 Å². The van der Waals surface area contributed by atoms with Crippen molar-refractivity contribution in [2.75, 3.05) is 18.5 Å².